The molecule has 0 aromatic rings. The summed E-state index contributed by atoms with van der Waals surface area (Å²) in [6.45, 7) is 9.78. The van der Waals surface area contributed by atoms with Crippen molar-refractivity contribution in [3.63, 3.8) is 0 Å². The van der Waals surface area contributed by atoms with Crippen LogP contribution in [0, 0.1) is 5.92 Å². The Morgan fingerprint density at radius 3 is 2.50 bits per heavy atom. The summed E-state index contributed by atoms with van der Waals surface area (Å²) in [7, 11) is 0. The number of hydrogen-bond donors (Lipinski definition) is 1. The molecule has 1 aliphatic rings. The molecule has 1 N–H and O–H groups in total. The lowest BCUT2D eigenvalue weighted by Gasteiger charge is -2.27. The van der Waals surface area contributed by atoms with Crippen LogP contribution in [0.15, 0.2) is 0 Å². The van der Waals surface area contributed by atoms with Crippen LogP contribution < -0.4 is 5.32 Å². The van der Waals surface area contributed by atoms with Gasteiger partial charge in [0.1, 0.15) is 0 Å². The molecule has 2 atom stereocenters. The first-order valence-corrected chi connectivity index (χ1v) is 6.76. The van der Waals surface area contributed by atoms with Crippen LogP contribution in [-0.4, -0.2) is 38.5 Å². The van der Waals surface area contributed by atoms with Gasteiger partial charge in [-0.3, -0.25) is 0 Å². The van der Waals surface area contributed by atoms with Crippen molar-refractivity contribution in [2.75, 3.05) is 26.4 Å². The summed E-state index contributed by atoms with van der Waals surface area (Å²) < 4.78 is 11.5. The van der Waals surface area contributed by atoms with E-state index in [-0.39, 0.29) is 0 Å². The highest BCUT2D eigenvalue weighted by molar-refractivity contribution is 4.90. The number of hydrogen-bond acceptors (Lipinski definition) is 3. The lowest BCUT2D eigenvalue weighted by atomic mass is 10.1. The van der Waals surface area contributed by atoms with Crippen molar-refractivity contribution >= 4 is 0 Å². The zero-order valence-corrected chi connectivity index (χ0v) is 11.0. The topological polar surface area (TPSA) is 30.5 Å². The first kappa shape index (κ1) is 13.9. The van der Waals surface area contributed by atoms with Gasteiger partial charge in [-0.1, -0.05) is 13.8 Å². The minimum atomic E-state index is 0.349. The van der Waals surface area contributed by atoms with E-state index in [0.717, 1.165) is 38.7 Å². The van der Waals surface area contributed by atoms with Crippen molar-refractivity contribution in [2.24, 2.45) is 5.92 Å². The van der Waals surface area contributed by atoms with Crippen LogP contribution in [0.4, 0.5) is 0 Å². The molecule has 16 heavy (non-hydrogen) atoms. The minimum absolute atomic E-state index is 0.349. The van der Waals surface area contributed by atoms with E-state index in [0.29, 0.717) is 12.1 Å². The fraction of sp³-hybridized carbons (Fsp3) is 1.00. The Bertz CT molecular complexity index is 171. The van der Waals surface area contributed by atoms with Crippen molar-refractivity contribution in [3.8, 4) is 0 Å². The van der Waals surface area contributed by atoms with E-state index in [9.17, 15) is 0 Å². The van der Waals surface area contributed by atoms with Crippen LogP contribution in [0.2, 0.25) is 0 Å². The van der Waals surface area contributed by atoms with Crippen molar-refractivity contribution < 1.29 is 9.47 Å². The monoisotopic (exact) mass is 229 g/mol. The van der Waals surface area contributed by atoms with Gasteiger partial charge in [0, 0.05) is 13.2 Å². The summed E-state index contributed by atoms with van der Waals surface area (Å²) in [6, 6.07) is 0.365. The fourth-order valence-corrected chi connectivity index (χ4v) is 2.08. The average molecular weight is 229 g/mol. The van der Waals surface area contributed by atoms with Gasteiger partial charge in [0.2, 0.25) is 0 Å². The van der Waals surface area contributed by atoms with Crippen LogP contribution in [0.3, 0.4) is 0 Å². The summed E-state index contributed by atoms with van der Waals surface area (Å²) in [5, 5.41) is 3.50. The minimum Gasteiger partial charge on any atom is -0.380 e. The van der Waals surface area contributed by atoms with Gasteiger partial charge in [-0.25, -0.2) is 0 Å². The van der Waals surface area contributed by atoms with Gasteiger partial charge in [0.25, 0.3) is 0 Å². The van der Waals surface area contributed by atoms with E-state index in [2.05, 4.69) is 26.1 Å². The molecule has 1 aliphatic carbocycles. The molecule has 2 unspecified atom stereocenters. The third kappa shape index (κ3) is 4.81. The fourth-order valence-electron chi connectivity index (χ4n) is 2.08. The Labute approximate surface area is 99.9 Å². The smallest absolute Gasteiger partial charge is 0.0778 e. The maximum Gasteiger partial charge on any atom is 0.0778 e. The molecule has 0 spiro atoms. The molecule has 1 fully saturated rings. The molecule has 0 aromatic carbocycles. The van der Waals surface area contributed by atoms with Crippen molar-refractivity contribution in [2.45, 2.75) is 52.2 Å². The first-order chi connectivity index (χ1) is 7.83. The molecule has 0 radical (unpaired) electrons. The van der Waals surface area contributed by atoms with Crippen LogP contribution in [0.1, 0.15) is 40.0 Å². The molecule has 0 aromatic heterocycles. The molecule has 0 heterocycles. The van der Waals surface area contributed by atoms with Crippen LogP contribution in [0.5, 0.6) is 0 Å². The van der Waals surface area contributed by atoms with Gasteiger partial charge in [-0.15, -0.1) is 0 Å². The number of rotatable bonds is 10. The Morgan fingerprint density at radius 2 is 2.00 bits per heavy atom. The highest BCUT2D eigenvalue weighted by Crippen LogP contribution is 2.35. The molecular weight excluding hydrogens is 202 g/mol. The summed E-state index contributed by atoms with van der Waals surface area (Å²) in [5.41, 5.74) is 0. The van der Waals surface area contributed by atoms with E-state index < -0.39 is 0 Å². The number of ether oxygens (including phenoxy) is 2. The molecule has 1 rings (SSSR count). The molecule has 96 valence electrons. The second-order valence-corrected chi connectivity index (χ2v) is 4.50. The van der Waals surface area contributed by atoms with E-state index in [1.807, 2.05) is 0 Å². The van der Waals surface area contributed by atoms with Crippen molar-refractivity contribution in [1.82, 2.24) is 5.32 Å². The van der Waals surface area contributed by atoms with Gasteiger partial charge in [-0.2, -0.15) is 0 Å². The predicted molar refractivity (Wildman–Crippen MR) is 66.7 cm³/mol. The Morgan fingerprint density at radius 1 is 1.25 bits per heavy atom. The van der Waals surface area contributed by atoms with Crippen LogP contribution in [-0.2, 0) is 9.47 Å². The normalized spacial score (nSPS) is 19.7. The first-order valence-electron chi connectivity index (χ1n) is 6.76. The molecular formula is C13H27NO2. The molecule has 0 amide bonds. The Kier molecular flexibility index (Phi) is 7.01. The quantitative estimate of drug-likeness (QED) is 0.583. The number of likely N-dealkylation sites (N-methyl/N-ethyl adjacent to an activating group) is 1. The summed E-state index contributed by atoms with van der Waals surface area (Å²) in [4.78, 5) is 0. The van der Waals surface area contributed by atoms with Crippen molar-refractivity contribution in [1.29, 1.82) is 0 Å². The average Bonchev–Trinajstić information content (AvgIpc) is 3.09. The van der Waals surface area contributed by atoms with Gasteiger partial charge >= 0.3 is 0 Å². The molecule has 1 saturated carbocycles. The Balaban J connectivity index is 2.37. The van der Waals surface area contributed by atoms with E-state index in [1.165, 1.54) is 12.8 Å². The van der Waals surface area contributed by atoms with Gasteiger partial charge in [-0.05, 0) is 38.6 Å². The SMILES string of the molecule is CCCOCC(NCC)C(OCC)C1CC1. The third-order valence-corrected chi connectivity index (χ3v) is 2.95. The second kappa shape index (κ2) is 8.04. The molecule has 0 saturated heterocycles. The van der Waals surface area contributed by atoms with Gasteiger partial charge < -0.3 is 14.8 Å². The zero-order valence-electron chi connectivity index (χ0n) is 11.0. The number of nitrogens with one attached hydrogen (secondary N) is 1. The molecule has 0 bridgehead atoms. The zero-order chi connectivity index (χ0) is 11.8. The van der Waals surface area contributed by atoms with Crippen LogP contribution in [0.25, 0.3) is 0 Å². The standard InChI is InChI=1S/C13H27NO2/c1-4-9-15-10-12(14-5-2)13(16-6-3)11-7-8-11/h11-14H,4-10H2,1-3H3. The lowest BCUT2D eigenvalue weighted by molar-refractivity contribution is -0.0108. The van der Waals surface area contributed by atoms with E-state index >= 15 is 0 Å². The molecule has 3 heteroatoms. The highest BCUT2D eigenvalue weighted by atomic mass is 16.5. The van der Waals surface area contributed by atoms with Crippen molar-refractivity contribution in [3.05, 3.63) is 0 Å². The summed E-state index contributed by atoms with van der Waals surface area (Å²) >= 11 is 0. The molecule has 0 aliphatic heterocycles. The molecule has 3 nitrogen and oxygen atoms in total. The summed E-state index contributed by atoms with van der Waals surface area (Å²) in [6.07, 6.45) is 4.07. The third-order valence-electron chi connectivity index (χ3n) is 2.95. The summed E-state index contributed by atoms with van der Waals surface area (Å²) in [5.74, 6) is 0.759. The predicted octanol–water partition coefficient (Wildman–Crippen LogP) is 2.21. The van der Waals surface area contributed by atoms with Crippen LogP contribution >= 0.6 is 0 Å². The maximum absolute atomic E-state index is 5.87. The van der Waals surface area contributed by atoms with Gasteiger partial charge in [0.05, 0.1) is 18.8 Å². The largest absolute Gasteiger partial charge is 0.380 e. The highest BCUT2D eigenvalue weighted by Gasteiger charge is 2.36. The second-order valence-electron chi connectivity index (χ2n) is 4.50. The lowest BCUT2D eigenvalue weighted by Crippen LogP contribution is -2.46. The van der Waals surface area contributed by atoms with E-state index in [1.54, 1.807) is 0 Å². The Hall–Kier alpha value is -0.120. The maximum atomic E-state index is 5.87. The van der Waals surface area contributed by atoms with E-state index in [4.69, 9.17) is 9.47 Å². The van der Waals surface area contributed by atoms with Gasteiger partial charge in [0.15, 0.2) is 0 Å².